The average molecular weight is 433 g/mol. The van der Waals surface area contributed by atoms with Gasteiger partial charge >= 0.3 is 0 Å². The first-order chi connectivity index (χ1) is 13.9. The lowest BCUT2D eigenvalue weighted by atomic mass is 10.1. The van der Waals surface area contributed by atoms with Gasteiger partial charge in [0.1, 0.15) is 6.04 Å². The third-order valence-corrected chi connectivity index (χ3v) is 5.69. The van der Waals surface area contributed by atoms with Gasteiger partial charge in [0.05, 0.1) is 5.75 Å². The van der Waals surface area contributed by atoms with Gasteiger partial charge in [-0.05, 0) is 42.2 Å². The fraction of sp³-hybridized carbons (Fsp3) is 0.391. The second-order valence-corrected chi connectivity index (χ2v) is 8.80. The van der Waals surface area contributed by atoms with E-state index in [1.807, 2.05) is 63.2 Å². The summed E-state index contributed by atoms with van der Waals surface area (Å²) in [6, 6.07) is 16.7. The van der Waals surface area contributed by atoms with Gasteiger partial charge in [-0.3, -0.25) is 9.59 Å². The van der Waals surface area contributed by atoms with Crippen molar-refractivity contribution < 1.29 is 9.59 Å². The molecule has 0 aliphatic heterocycles. The second-order valence-electron chi connectivity index (χ2n) is 7.31. The lowest BCUT2D eigenvalue weighted by Crippen LogP contribution is -2.50. The molecule has 4 nitrogen and oxygen atoms in total. The molecule has 0 bridgehead atoms. The molecule has 156 valence electrons. The second kappa shape index (κ2) is 11.9. The van der Waals surface area contributed by atoms with Crippen molar-refractivity contribution in [3.05, 3.63) is 65.2 Å². The van der Waals surface area contributed by atoms with Gasteiger partial charge in [0.25, 0.3) is 0 Å². The lowest BCUT2D eigenvalue weighted by molar-refractivity contribution is -0.139. The van der Waals surface area contributed by atoms with Crippen molar-refractivity contribution in [2.24, 2.45) is 5.92 Å². The molecule has 0 saturated heterocycles. The van der Waals surface area contributed by atoms with Crippen molar-refractivity contribution in [1.82, 2.24) is 10.2 Å². The van der Waals surface area contributed by atoms with Gasteiger partial charge in [-0.2, -0.15) is 0 Å². The number of amides is 2. The molecule has 2 rings (SSSR count). The van der Waals surface area contributed by atoms with Gasteiger partial charge in [0, 0.05) is 23.0 Å². The molecule has 2 amide bonds. The number of carbonyl (C=O) groups is 2. The SMILES string of the molecule is CC[C@@H](C(=O)NCC(C)C)N(Cc1ccc(Cl)cc1)C(=O)CSc1ccccc1. The van der Waals surface area contributed by atoms with Crippen molar-refractivity contribution in [1.29, 1.82) is 0 Å². The smallest absolute Gasteiger partial charge is 0.242 e. The Morgan fingerprint density at radius 3 is 2.31 bits per heavy atom. The highest BCUT2D eigenvalue weighted by Gasteiger charge is 2.28. The first kappa shape index (κ1) is 23.3. The Hall–Kier alpha value is -1.98. The minimum atomic E-state index is -0.506. The molecule has 1 atom stereocenters. The van der Waals surface area contributed by atoms with Crippen molar-refractivity contribution >= 4 is 35.2 Å². The van der Waals surface area contributed by atoms with E-state index in [-0.39, 0.29) is 17.6 Å². The molecular weight excluding hydrogens is 404 g/mol. The van der Waals surface area contributed by atoms with Crippen molar-refractivity contribution in [3.63, 3.8) is 0 Å². The summed E-state index contributed by atoms with van der Waals surface area (Å²) in [4.78, 5) is 28.7. The maximum Gasteiger partial charge on any atom is 0.242 e. The average Bonchev–Trinajstić information content (AvgIpc) is 2.72. The highest BCUT2D eigenvalue weighted by molar-refractivity contribution is 8.00. The summed E-state index contributed by atoms with van der Waals surface area (Å²) in [6.07, 6.45) is 0.555. The van der Waals surface area contributed by atoms with Crippen LogP contribution in [0.2, 0.25) is 5.02 Å². The van der Waals surface area contributed by atoms with E-state index >= 15 is 0 Å². The molecule has 0 radical (unpaired) electrons. The van der Waals surface area contributed by atoms with E-state index in [0.717, 1.165) is 10.5 Å². The topological polar surface area (TPSA) is 49.4 Å². The van der Waals surface area contributed by atoms with E-state index in [2.05, 4.69) is 5.32 Å². The minimum absolute atomic E-state index is 0.0552. The standard InChI is InChI=1S/C23H29ClN2O2S/c1-4-21(23(28)25-14-17(2)3)26(15-18-10-12-19(24)13-11-18)22(27)16-29-20-8-6-5-7-9-20/h5-13,17,21H,4,14-16H2,1-3H3,(H,25,28)/t21-/m0/s1. The van der Waals surface area contributed by atoms with E-state index in [0.29, 0.717) is 30.5 Å². The lowest BCUT2D eigenvalue weighted by Gasteiger charge is -2.31. The number of rotatable bonds is 10. The highest BCUT2D eigenvalue weighted by Crippen LogP contribution is 2.20. The van der Waals surface area contributed by atoms with Crippen molar-refractivity contribution in [3.8, 4) is 0 Å². The van der Waals surface area contributed by atoms with Crippen LogP contribution in [0.3, 0.4) is 0 Å². The van der Waals surface area contributed by atoms with Crippen LogP contribution in [0, 0.1) is 5.92 Å². The van der Waals surface area contributed by atoms with Crippen LogP contribution in [0.15, 0.2) is 59.5 Å². The zero-order valence-electron chi connectivity index (χ0n) is 17.2. The fourth-order valence-electron chi connectivity index (χ4n) is 2.87. The maximum absolute atomic E-state index is 13.1. The van der Waals surface area contributed by atoms with Crippen LogP contribution in [0.25, 0.3) is 0 Å². The van der Waals surface area contributed by atoms with Crippen LogP contribution >= 0.6 is 23.4 Å². The molecule has 0 aliphatic rings. The van der Waals surface area contributed by atoms with Gasteiger partial charge in [-0.25, -0.2) is 0 Å². The molecule has 2 aromatic rings. The highest BCUT2D eigenvalue weighted by atomic mass is 35.5. The van der Waals surface area contributed by atoms with Crippen molar-refractivity contribution in [2.75, 3.05) is 12.3 Å². The number of carbonyl (C=O) groups excluding carboxylic acids is 2. The largest absolute Gasteiger partial charge is 0.354 e. The Morgan fingerprint density at radius 2 is 1.72 bits per heavy atom. The third-order valence-electron chi connectivity index (χ3n) is 4.44. The summed E-state index contributed by atoms with van der Waals surface area (Å²) in [5.41, 5.74) is 0.947. The molecule has 0 aromatic heterocycles. The molecule has 0 saturated carbocycles. The zero-order chi connectivity index (χ0) is 21.2. The van der Waals surface area contributed by atoms with E-state index in [9.17, 15) is 9.59 Å². The number of benzene rings is 2. The first-order valence-electron chi connectivity index (χ1n) is 9.90. The van der Waals surface area contributed by atoms with Crippen molar-refractivity contribution in [2.45, 2.75) is 44.7 Å². The van der Waals surface area contributed by atoms with E-state index < -0.39 is 6.04 Å². The number of nitrogens with one attached hydrogen (secondary N) is 1. The number of thioether (sulfide) groups is 1. The van der Waals surface area contributed by atoms with E-state index in [1.165, 1.54) is 11.8 Å². The van der Waals surface area contributed by atoms with Gasteiger partial charge in [-0.1, -0.05) is 62.7 Å². The normalized spacial score (nSPS) is 11.9. The summed E-state index contributed by atoms with van der Waals surface area (Å²) < 4.78 is 0. The van der Waals surface area contributed by atoms with Crippen LogP contribution in [0.4, 0.5) is 0 Å². The maximum atomic E-state index is 13.1. The summed E-state index contributed by atoms with van der Waals surface area (Å²) in [7, 11) is 0. The van der Waals surface area contributed by atoms with Gasteiger partial charge < -0.3 is 10.2 Å². The summed E-state index contributed by atoms with van der Waals surface area (Å²) in [6.45, 7) is 7.00. The van der Waals surface area contributed by atoms with Gasteiger partial charge in [0.2, 0.25) is 11.8 Å². The number of nitrogens with zero attached hydrogens (tertiary/aromatic N) is 1. The molecule has 0 fully saturated rings. The molecule has 6 heteroatoms. The Balaban J connectivity index is 2.16. The van der Waals surface area contributed by atoms with Gasteiger partial charge in [-0.15, -0.1) is 11.8 Å². The summed E-state index contributed by atoms with van der Waals surface area (Å²) in [5.74, 6) is 0.477. The molecule has 29 heavy (non-hydrogen) atoms. The van der Waals surface area contributed by atoms with E-state index in [1.54, 1.807) is 17.0 Å². The quantitative estimate of drug-likeness (QED) is 0.537. The Morgan fingerprint density at radius 1 is 1.07 bits per heavy atom. The number of hydrogen-bond donors (Lipinski definition) is 1. The van der Waals surface area contributed by atoms with Crippen LogP contribution in [-0.4, -0.2) is 35.1 Å². The number of hydrogen-bond acceptors (Lipinski definition) is 3. The molecule has 0 spiro atoms. The summed E-state index contributed by atoms with van der Waals surface area (Å²) >= 11 is 7.48. The Bertz CT molecular complexity index is 781. The van der Waals surface area contributed by atoms with Crippen LogP contribution in [0.5, 0.6) is 0 Å². The minimum Gasteiger partial charge on any atom is -0.354 e. The number of halogens is 1. The monoisotopic (exact) mass is 432 g/mol. The fourth-order valence-corrected chi connectivity index (χ4v) is 3.80. The Kier molecular flexibility index (Phi) is 9.55. The Labute approximate surface area is 183 Å². The third kappa shape index (κ3) is 7.75. The van der Waals surface area contributed by atoms with Crippen LogP contribution in [-0.2, 0) is 16.1 Å². The molecule has 0 aliphatic carbocycles. The zero-order valence-corrected chi connectivity index (χ0v) is 18.8. The molecular formula is C23H29ClN2O2S. The molecule has 0 unspecified atom stereocenters. The van der Waals surface area contributed by atoms with E-state index in [4.69, 9.17) is 11.6 Å². The van der Waals surface area contributed by atoms with Crippen LogP contribution in [0.1, 0.15) is 32.8 Å². The molecule has 1 N–H and O–H groups in total. The van der Waals surface area contributed by atoms with Gasteiger partial charge in [0.15, 0.2) is 0 Å². The summed E-state index contributed by atoms with van der Waals surface area (Å²) in [5, 5.41) is 3.62. The first-order valence-corrected chi connectivity index (χ1v) is 11.3. The molecule has 2 aromatic carbocycles. The predicted molar refractivity (Wildman–Crippen MR) is 121 cm³/mol. The van der Waals surface area contributed by atoms with Crippen LogP contribution < -0.4 is 5.32 Å². The predicted octanol–water partition coefficient (Wildman–Crippen LogP) is 5.01. The molecule has 0 heterocycles.